The Hall–Kier alpha value is -3.47. The van der Waals surface area contributed by atoms with Crippen LogP contribution in [0.1, 0.15) is 43.9 Å². The van der Waals surface area contributed by atoms with Gasteiger partial charge in [0.2, 0.25) is 5.95 Å². The number of aryl methyl sites for hydroxylation is 1. The van der Waals surface area contributed by atoms with Crippen LogP contribution in [0.15, 0.2) is 24.5 Å². The number of hydrogen-bond donors (Lipinski definition) is 1. The molecule has 11 heteroatoms. The molecule has 0 radical (unpaired) electrons. The summed E-state index contributed by atoms with van der Waals surface area (Å²) >= 11 is 0. The predicted molar refractivity (Wildman–Crippen MR) is 135 cm³/mol. The van der Waals surface area contributed by atoms with Gasteiger partial charge in [-0.05, 0) is 38.3 Å². The van der Waals surface area contributed by atoms with Gasteiger partial charge in [0.25, 0.3) is 0 Å². The Kier molecular flexibility index (Phi) is 8.75. The second-order valence-corrected chi connectivity index (χ2v) is 9.17. The lowest BCUT2D eigenvalue weighted by atomic mass is 9.98. The Balaban J connectivity index is 1.36. The molecule has 37 heavy (non-hydrogen) atoms. The van der Waals surface area contributed by atoms with Crippen molar-refractivity contribution in [3.63, 3.8) is 0 Å². The fourth-order valence-electron chi connectivity index (χ4n) is 4.52. The van der Waals surface area contributed by atoms with Crippen molar-refractivity contribution in [3.05, 3.63) is 47.4 Å². The zero-order chi connectivity index (χ0) is 26.4. The summed E-state index contributed by atoms with van der Waals surface area (Å²) in [7, 11) is 4.51. The number of halogens is 2. The first kappa shape index (κ1) is 26.6. The number of likely N-dealkylation sites (tertiary alicyclic amines) is 1. The minimum Gasteiger partial charge on any atom is -0.494 e. The smallest absolute Gasteiger partial charge is 0.228 e. The van der Waals surface area contributed by atoms with Crippen LogP contribution in [0.4, 0.5) is 20.5 Å². The molecule has 2 aromatic heterocycles. The van der Waals surface area contributed by atoms with Gasteiger partial charge in [-0.1, -0.05) is 13.3 Å². The average Bonchev–Trinajstić information content (AvgIpc) is 3.09. The minimum atomic E-state index is -0.851. The number of nitrogens with one attached hydrogen (secondary N) is 1. The van der Waals surface area contributed by atoms with Gasteiger partial charge in [-0.25, -0.2) is 18.7 Å². The molecule has 1 aliphatic rings. The first-order chi connectivity index (χ1) is 17.9. The Labute approximate surface area is 215 Å². The largest absolute Gasteiger partial charge is 0.494 e. The Morgan fingerprint density at radius 2 is 1.73 bits per heavy atom. The third-order valence-electron chi connectivity index (χ3n) is 6.80. The van der Waals surface area contributed by atoms with Crippen LogP contribution in [0, 0.1) is 17.6 Å². The Bertz CT molecular complexity index is 1160. The molecule has 200 valence electrons. The number of hydrogen-bond acceptors (Lipinski definition) is 8. The molecule has 0 amide bonds. The number of aromatic nitrogens is 4. The van der Waals surface area contributed by atoms with Crippen LogP contribution < -0.4 is 19.5 Å². The summed E-state index contributed by atoms with van der Waals surface area (Å²) in [6.45, 7) is 4.94. The second-order valence-electron chi connectivity index (χ2n) is 9.17. The number of rotatable bonds is 10. The molecular formula is C26H34F2N6O3. The molecule has 3 heterocycles. The van der Waals surface area contributed by atoms with E-state index in [1.54, 1.807) is 0 Å². The molecule has 1 fully saturated rings. The van der Waals surface area contributed by atoms with E-state index in [4.69, 9.17) is 14.2 Å². The topological polar surface area (TPSA) is 86.6 Å². The van der Waals surface area contributed by atoms with E-state index in [-0.39, 0.29) is 29.4 Å². The number of anilines is 2. The average molecular weight is 517 g/mol. The molecular weight excluding hydrogens is 482 g/mol. The maximum absolute atomic E-state index is 14.5. The maximum atomic E-state index is 14.5. The normalized spacial score (nSPS) is 16.3. The first-order valence-electron chi connectivity index (χ1n) is 12.5. The number of nitrogens with zero attached hydrogens (tertiary/aromatic N) is 5. The standard InChI is InChI=1S/C26H34F2N6O3/c1-5-17-7-6-9-34(10-8-17)15-18-11-23(32-33(18)2)31-26-29-13-19(14-30-26)37-16-20-24(27)21(35-3)12-22(36-4)25(20)28/h11-14,17H,5-10,15-16H2,1-4H3,(H,29,30,31,32). The van der Waals surface area contributed by atoms with E-state index in [0.29, 0.717) is 11.8 Å². The third-order valence-corrected chi connectivity index (χ3v) is 6.80. The van der Waals surface area contributed by atoms with Crippen molar-refractivity contribution in [2.75, 3.05) is 32.6 Å². The van der Waals surface area contributed by atoms with Crippen molar-refractivity contribution >= 4 is 11.8 Å². The maximum Gasteiger partial charge on any atom is 0.228 e. The molecule has 3 aromatic rings. The summed E-state index contributed by atoms with van der Waals surface area (Å²) in [5.41, 5.74) is 0.796. The summed E-state index contributed by atoms with van der Waals surface area (Å²) in [5.74, 6) is 0.0751. The van der Waals surface area contributed by atoms with Crippen molar-refractivity contribution in [3.8, 4) is 17.2 Å². The molecule has 1 aliphatic heterocycles. The molecule has 0 aliphatic carbocycles. The van der Waals surface area contributed by atoms with Crippen molar-refractivity contribution in [1.29, 1.82) is 0 Å². The van der Waals surface area contributed by atoms with E-state index in [2.05, 4.69) is 32.2 Å². The fourth-order valence-corrected chi connectivity index (χ4v) is 4.52. The van der Waals surface area contributed by atoms with Crippen molar-refractivity contribution in [2.45, 2.75) is 45.8 Å². The molecule has 0 saturated carbocycles. The lowest BCUT2D eigenvalue weighted by Crippen LogP contribution is -2.25. The molecule has 1 unspecified atom stereocenters. The number of benzene rings is 1. The first-order valence-corrected chi connectivity index (χ1v) is 12.5. The fraction of sp³-hybridized carbons (Fsp3) is 0.500. The third kappa shape index (κ3) is 6.46. The van der Waals surface area contributed by atoms with Crippen LogP contribution in [0.2, 0.25) is 0 Å². The van der Waals surface area contributed by atoms with Gasteiger partial charge >= 0.3 is 0 Å². The van der Waals surface area contributed by atoms with Crippen LogP contribution >= 0.6 is 0 Å². The van der Waals surface area contributed by atoms with E-state index in [1.807, 2.05) is 17.8 Å². The molecule has 9 nitrogen and oxygen atoms in total. The van der Waals surface area contributed by atoms with E-state index in [9.17, 15) is 8.78 Å². The Morgan fingerprint density at radius 3 is 2.38 bits per heavy atom. The van der Waals surface area contributed by atoms with E-state index in [0.717, 1.165) is 37.3 Å². The van der Waals surface area contributed by atoms with E-state index < -0.39 is 11.6 Å². The SMILES string of the molecule is CCC1CCCN(Cc2cc(Nc3ncc(OCc4c(F)c(OC)cc(OC)c4F)cn3)nn2C)CC1. The molecule has 1 N–H and O–H groups in total. The van der Waals surface area contributed by atoms with Crippen LogP contribution in [0.3, 0.4) is 0 Å². The van der Waals surface area contributed by atoms with Gasteiger partial charge < -0.3 is 19.5 Å². The molecule has 0 bridgehead atoms. The van der Waals surface area contributed by atoms with Gasteiger partial charge in [0.05, 0.1) is 37.9 Å². The lowest BCUT2D eigenvalue weighted by Gasteiger charge is -2.19. The summed E-state index contributed by atoms with van der Waals surface area (Å²) in [5, 5.41) is 7.64. The molecule has 4 rings (SSSR count). The number of ether oxygens (including phenoxy) is 3. The summed E-state index contributed by atoms with van der Waals surface area (Å²) < 4.78 is 46.4. The van der Waals surface area contributed by atoms with E-state index in [1.165, 1.54) is 52.3 Å². The zero-order valence-corrected chi connectivity index (χ0v) is 21.8. The van der Waals surface area contributed by atoms with Crippen molar-refractivity contribution in [1.82, 2.24) is 24.6 Å². The molecule has 0 spiro atoms. The van der Waals surface area contributed by atoms with Crippen LogP contribution in [0.25, 0.3) is 0 Å². The molecule has 1 saturated heterocycles. The number of methoxy groups -OCH3 is 2. The van der Waals surface area contributed by atoms with Gasteiger partial charge in [-0.15, -0.1) is 0 Å². The summed E-state index contributed by atoms with van der Waals surface area (Å²) in [6.07, 6.45) is 7.88. The highest BCUT2D eigenvalue weighted by atomic mass is 19.1. The highest BCUT2D eigenvalue weighted by Crippen LogP contribution is 2.32. The highest BCUT2D eigenvalue weighted by Gasteiger charge is 2.21. The van der Waals surface area contributed by atoms with Crippen LogP contribution in [-0.4, -0.2) is 52.0 Å². The monoisotopic (exact) mass is 516 g/mol. The summed E-state index contributed by atoms with van der Waals surface area (Å²) in [4.78, 5) is 11.0. The van der Waals surface area contributed by atoms with Gasteiger partial charge in [-0.2, -0.15) is 5.10 Å². The van der Waals surface area contributed by atoms with Crippen molar-refractivity contribution in [2.24, 2.45) is 13.0 Å². The van der Waals surface area contributed by atoms with Gasteiger partial charge in [0.15, 0.2) is 34.7 Å². The quantitative estimate of drug-likeness (QED) is 0.410. The van der Waals surface area contributed by atoms with E-state index >= 15 is 0 Å². The van der Waals surface area contributed by atoms with Crippen LogP contribution in [0.5, 0.6) is 17.2 Å². The summed E-state index contributed by atoms with van der Waals surface area (Å²) in [6, 6.07) is 3.15. The van der Waals surface area contributed by atoms with Crippen molar-refractivity contribution < 1.29 is 23.0 Å². The molecule has 1 aromatic carbocycles. The second kappa shape index (κ2) is 12.2. The lowest BCUT2D eigenvalue weighted by molar-refractivity contribution is 0.265. The minimum absolute atomic E-state index is 0.136. The van der Waals surface area contributed by atoms with Gasteiger partial charge in [-0.3, -0.25) is 9.58 Å². The zero-order valence-electron chi connectivity index (χ0n) is 21.8. The van der Waals surface area contributed by atoms with Crippen LogP contribution in [-0.2, 0) is 20.2 Å². The Morgan fingerprint density at radius 1 is 1.03 bits per heavy atom. The highest BCUT2D eigenvalue weighted by molar-refractivity contribution is 5.48. The van der Waals surface area contributed by atoms with Gasteiger partial charge in [0, 0.05) is 25.7 Å². The predicted octanol–water partition coefficient (Wildman–Crippen LogP) is 4.84. The van der Waals surface area contributed by atoms with Gasteiger partial charge in [0.1, 0.15) is 6.61 Å². The molecule has 1 atom stereocenters.